The Morgan fingerprint density at radius 1 is 1.29 bits per heavy atom. The Morgan fingerprint density at radius 3 is 2.90 bits per heavy atom. The van der Waals surface area contributed by atoms with Crippen LogP contribution >= 0.6 is 11.6 Å². The van der Waals surface area contributed by atoms with Crippen molar-refractivity contribution in [2.24, 2.45) is 11.3 Å². The van der Waals surface area contributed by atoms with E-state index in [4.69, 9.17) is 16.3 Å². The number of hydrogen-bond acceptors (Lipinski definition) is 6. The van der Waals surface area contributed by atoms with Crippen LogP contribution < -0.4 is 16.0 Å². The summed E-state index contributed by atoms with van der Waals surface area (Å²) in [7, 11) is 0. The van der Waals surface area contributed by atoms with E-state index in [0.29, 0.717) is 17.4 Å². The topological polar surface area (TPSA) is 88.2 Å². The number of rotatable bonds is 6. The molecule has 31 heavy (non-hydrogen) atoms. The van der Waals surface area contributed by atoms with E-state index < -0.39 is 0 Å². The van der Waals surface area contributed by atoms with Crippen molar-refractivity contribution < 1.29 is 9.53 Å². The molecule has 4 rings (SSSR count). The Kier molecular flexibility index (Phi) is 7.05. The van der Waals surface area contributed by atoms with Gasteiger partial charge in [-0.25, -0.2) is 9.97 Å². The highest BCUT2D eigenvalue weighted by Crippen LogP contribution is 2.32. The van der Waals surface area contributed by atoms with Crippen LogP contribution in [0.1, 0.15) is 32.6 Å². The number of piperidine rings is 1. The highest BCUT2D eigenvalue weighted by Gasteiger charge is 2.27. The van der Waals surface area contributed by atoms with Crippen LogP contribution in [0.25, 0.3) is 11.1 Å². The number of halogens is 1. The van der Waals surface area contributed by atoms with E-state index in [1.165, 1.54) is 0 Å². The van der Waals surface area contributed by atoms with Crippen LogP contribution in [0.3, 0.4) is 0 Å². The van der Waals surface area contributed by atoms with Crippen molar-refractivity contribution in [1.29, 1.82) is 0 Å². The monoisotopic (exact) mass is 443 g/mol. The molecule has 0 radical (unpaired) electrons. The fraction of sp³-hybridized carbons (Fsp3) is 0.522. The molecule has 3 N–H and O–H groups in total. The third kappa shape index (κ3) is 5.73. The van der Waals surface area contributed by atoms with E-state index in [1.807, 2.05) is 18.2 Å². The number of ether oxygens (including phenoxy) is 1. The molecule has 0 aromatic carbocycles. The molecule has 2 fully saturated rings. The Balaban J connectivity index is 1.46. The van der Waals surface area contributed by atoms with Crippen LogP contribution in [0.4, 0.5) is 11.6 Å². The van der Waals surface area contributed by atoms with Gasteiger partial charge >= 0.3 is 0 Å². The molecule has 0 spiro atoms. The van der Waals surface area contributed by atoms with Crippen molar-refractivity contribution in [3.63, 3.8) is 0 Å². The number of nitrogens with one attached hydrogen (secondary N) is 3. The average Bonchev–Trinajstić information content (AvgIpc) is 2.80. The molecule has 8 heteroatoms. The Hall–Kier alpha value is -2.22. The fourth-order valence-corrected chi connectivity index (χ4v) is 4.28. The molecule has 1 amide bonds. The predicted molar refractivity (Wildman–Crippen MR) is 123 cm³/mol. The van der Waals surface area contributed by atoms with Crippen LogP contribution in [0, 0.1) is 11.3 Å². The minimum atomic E-state index is -0.0297. The molecule has 166 valence electrons. The van der Waals surface area contributed by atoms with Gasteiger partial charge in [0.1, 0.15) is 11.6 Å². The van der Waals surface area contributed by atoms with E-state index in [-0.39, 0.29) is 17.2 Å². The number of anilines is 2. The second kappa shape index (κ2) is 9.94. The number of nitrogens with zero attached hydrogens (tertiary/aromatic N) is 2. The van der Waals surface area contributed by atoms with Crippen molar-refractivity contribution in [2.45, 2.75) is 32.6 Å². The molecule has 2 aromatic heterocycles. The van der Waals surface area contributed by atoms with Crippen LogP contribution in [0.15, 0.2) is 30.6 Å². The summed E-state index contributed by atoms with van der Waals surface area (Å²) in [4.78, 5) is 21.3. The van der Waals surface area contributed by atoms with Gasteiger partial charge < -0.3 is 20.7 Å². The Morgan fingerprint density at radius 2 is 2.13 bits per heavy atom. The van der Waals surface area contributed by atoms with Gasteiger partial charge in [-0.3, -0.25) is 4.79 Å². The second-order valence-corrected chi connectivity index (χ2v) is 9.20. The van der Waals surface area contributed by atoms with E-state index in [0.717, 1.165) is 68.9 Å². The van der Waals surface area contributed by atoms with E-state index >= 15 is 0 Å². The first-order valence-electron chi connectivity index (χ1n) is 11.0. The van der Waals surface area contributed by atoms with Crippen molar-refractivity contribution in [2.75, 3.05) is 43.5 Å². The predicted octanol–water partition coefficient (Wildman–Crippen LogP) is 3.96. The maximum atomic E-state index is 12.6. The van der Waals surface area contributed by atoms with Gasteiger partial charge in [0.2, 0.25) is 5.91 Å². The highest BCUT2D eigenvalue weighted by atomic mass is 35.5. The van der Waals surface area contributed by atoms with Crippen molar-refractivity contribution in [1.82, 2.24) is 15.3 Å². The molecule has 2 aliphatic rings. The third-order valence-corrected chi connectivity index (χ3v) is 6.54. The summed E-state index contributed by atoms with van der Waals surface area (Å²) in [5.41, 5.74) is 1.95. The maximum Gasteiger partial charge on any atom is 0.229 e. The number of aromatic nitrogens is 2. The minimum Gasteiger partial charge on any atom is -0.381 e. The normalized spacial score (nSPS) is 20.8. The zero-order valence-corrected chi connectivity index (χ0v) is 18.7. The minimum absolute atomic E-state index is 0.00485. The number of carbonyl (C=O) groups is 1. The number of amides is 1. The van der Waals surface area contributed by atoms with Crippen LogP contribution in [0.2, 0.25) is 5.02 Å². The molecule has 2 saturated heterocycles. The van der Waals surface area contributed by atoms with Crippen LogP contribution in [-0.4, -0.2) is 48.7 Å². The zero-order valence-electron chi connectivity index (χ0n) is 17.9. The van der Waals surface area contributed by atoms with Crippen molar-refractivity contribution >= 4 is 29.1 Å². The summed E-state index contributed by atoms with van der Waals surface area (Å²) in [5.74, 6) is 1.28. The van der Waals surface area contributed by atoms with E-state index in [1.54, 1.807) is 12.4 Å². The standard InChI is InChI=1S/C23H30ClN5O2/c1-23(5-9-31-10-6-23)15-28-20-11-16(4-8-26-20)18-12-21(27-14-19(18)24)29-22(30)17-3-2-7-25-13-17/h4,8,11-12,14,17,25H,2-3,5-7,9-10,13,15H2,1H3,(H,26,28)(H,27,29,30)/t17-/m1/s1. The lowest BCUT2D eigenvalue weighted by atomic mass is 9.82. The maximum absolute atomic E-state index is 12.6. The smallest absolute Gasteiger partial charge is 0.229 e. The molecule has 2 aliphatic heterocycles. The SMILES string of the molecule is CC1(CNc2cc(-c3cc(NC(=O)[C@@H]4CCCNC4)ncc3Cl)ccn2)CCOCC1. The summed E-state index contributed by atoms with van der Waals surface area (Å²) in [5, 5.41) is 10.2. The molecule has 1 atom stereocenters. The molecule has 7 nitrogen and oxygen atoms in total. The first-order chi connectivity index (χ1) is 15.0. The molecule has 0 bridgehead atoms. The highest BCUT2D eigenvalue weighted by molar-refractivity contribution is 6.33. The zero-order chi connectivity index (χ0) is 21.7. The number of hydrogen-bond donors (Lipinski definition) is 3. The van der Waals surface area contributed by atoms with Gasteiger partial charge in [0, 0.05) is 44.3 Å². The number of carbonyl (C=O) groups excluding carboxylic acids is 1. The van der Waals surface area contributed by atoms with E-state index in [9.17, 15) is 4.79 Å². The summed E-state index contributed by atoms with van der Waals surface area (Å²) >= 11 is 6.45. The lowest BCUT2D eigenvalue weighted by Gasteiger charge is -2.33. The quantitative estimate of drug-likeness (QED) is 0.626. The van der Waals surface area contributed by atoms with Gasteiger partial charge in [0.25, 0.3) is 0 Å². The average molecular weight is 444 g/mol. The molecule has 0 aliphatic carbocycles. The first kappa shape index (κ1) is 22.0. The number of pyridine rings is 2. The second-order valence-electron chi connectivity index (χ2n) is 8.79. The van der Waals surface area contributed by atoms with Gasteiger partial charge in [-0.05, 0) is 61.4 Å². The summed E-state index contributed by atoms with van der Waals surface area (Å²) in [6.45, 7) is 6.42. The summed E-state index contributed by atoms with van der Waals surface area (Å²) in [6.07, 6.45) is 7.33. The fourth-order valence-electron chi connectivity index (χ4n) is 4.07. The molecule has 2 aromatic rings. The Bertz CT molecular complexity index is 911. The lowest BCUT2D eigenvalue weighted by molar-refractivity contribution is -0.120. The van der Waals surface area contributed by atoms with Gasteiger partial charge in [0.05, 0.1) is 10.9 Å². The molecule has 4 heterocycles. The van der Waals surface area contributed by atoms with Gasteiger partial charge in [-0.15, -0.1) is 0 Å². The van der Waals surface area contributed by atoms with Gasteiger partial charge in [-0.2, -0.15) is 0 Å². The summed E-state index contributed by atoms with van der Waals surface area (Å²) < 4.78 is 5.49. The van der Waals surface area contributed by atoms with Crippen molar-refractivity contribution in [3.05, 3.63) is 35.6 Å². The molecular weight excluding hydrogens is 414 g/mol. The van der Waals surface area contributed by atoms with Gasteiger partial charge in [0.15, 0.2) is 0 Å². The van der Waals surface area contributed by atoms with Crippen LogP contribution in [0.5, 0.6) is 0 Å². The molecule has 0 saturated carbocycles. The molecule has 0 unspecified atom stereocenters. The van der Waals surface area contributed by atoms with E-state index in [2.05, 4.69) is 32.8 Å². The summed E-state index contributed by atoms with van der Waals surface area (Å²) in [6, 6.07) is 5.73. The Labute approximate surface area is 188 Å². The third-order valence-electron chi connectivity index (χ3n) is 6.24. The first-order valence-corrected chi connectivity index (χ1v) is 11.4. The van der Waals surface area contributed by atoms with Crippen LogP contribution in [-0.2, 0) is 9.53 Å². The van der Waals surface area contributed by atoms with Crippen molar-refractivity contribution in [3.8, 4) is 11.1 Å². The van der Waals surface area contributed by atoms with Gasteiger partial charge in [-0.1, -0.05) is 18.5 Å². The largest absolute Gasteiger partial charge is 0.381 e. The lowest BCUT2D eigenvalue weighted by Crippen LogP contribution is -2.37. The molecular formula is C23H30ClN5O2.